The minimum absolute atomic E-state index is 0.571. The summed E-state index contributed by atoms with van der Waals surface area (Å²) in [5.74, 6) is 2.69. The highest BCUT2D eigenvalue weighted by Gasteiger charge is 2.39. The maximum Gasteiger partial charge on any atom is 0.194 e. The lowest BCUT2D eigenvalue weighted by molar-refractivity contribution is 0.358. The molecule has 58 heavy (non-hydrogen) atoms. The summed E-state index contributed by atoms with van der Waals surface area (Å²) in [6.07, 6.45) is 4.40. The van der Waals surface area contributed by atoms with Gasteiger partial charge in [-0.2, -0.15) is 0 Å². The summed E-state index contributed by atoms with van der Waals surface area (Å²) >= 11 is 0. The van der Waals surface area contributed by atoms with E-state index in [0.717, 1.165) is 78.3 Å². The normalized spacial score (nSPS) is 13.3. The standard InChI is InChI=1S/C53H38N2O3/c1-53(2)42-33-44(54(35-19-7-3-8-20-35)36-21-9-4-10-22-36)49-41-27-15-16-28-46(41)56-50(49)39(42)31-32-40-43(53)34-45(52-51(40)57-47-29-17-18-30-48(47)58-52)55(37-23-11-5-12-24-37)38-25-13-6-14-26-38/h3-34H,1-2H3. The van der Waals surface area contributed by atoms with Crippen LogP contribution in [0.5, 0.6) is 23.0 Å². The van der Waals surface area contributed by atoms with Gasteiger partial charge >= 0.3 is 0 Å². The van der Waals surface area contributed by atoms with E-state index in [4.69, 9.17) is 13.9 Å². The lowest BCUT2D eigenvalue weighted by Gasteiger charge is -2.36. The van der Waals surface area contributed by atoms with Crippen molar-refractivity contribution in [2.24, 2.45) is 0 Å². The Morgan fingerprint density at radius 3 is 1.43 bits per heavy atom. The van der Waals surface area contributed by atoms with Crippen molar-refractivity contribution in [3.63, 3.8) is 0 Å². The lowest BCUT2D eigenvalue weighted by atomic mass is 9.74. The topological polar surface area (TPSA) is 38.1 Å². The van der Waals surface area contributed by atoms with Gasteiger partial charge in [0.1, 0.15) is 11.2 Å². The van der Waals surface area contributed by atoms with Crippen LogP contribution in [-0.2, 0) is 5.41 Å². The van der Waals surface area contributed by atoms with Crippen molar-refractivity contribution < 1.29 is 13.9 Å². The van der Waals surface area contributed by atoms with Gasteiger partial charge < -0.3 is 23.7 Å². The van der Waals surface area contributed by atoms with Crippen LogP contribution >= 0.6 is 0 Å². The highest BCUT2D eigenvalue weighted by molar-refractivity contribution is 6.16. The van der Waals surface area contributed by atoms with E-state index in [1.165, 1.54) is 0 Å². The van der Waals surface area contributed by atoms with Gasteiger partial charge in [-0.1, -0.05) is 129 Å². The first-order chi connectivity index (χ1) is 28.5. The Morgan fingerprint density at radius 2 is 0.862 bits per heavy atom. The van der Waals surface area contributed by atoms with Crippen LogP contribution in [-0.4, -0.2) is 0 Å². The van der Waals surface area contributed by atoms with Crippen LogP contribution in [0.2, 0.25) is 0 Å². The smallest absolute Gasteiger partial charge is 0.194 e. The minimum atomic E-state index is -0.571. The number of anilines is 6. The van der Waals surface area contributed by atoms with E-state index in [2.05, 4.69) is 175 Å². The van der Waals surface area contributed by atoms with Gasteiger partial charge in [-0.25, -0.2) is 0 Å². The Labute approximate surface area is 337 Å². The van der Waals surface area contributed by atoms with Crippen LogP contribution in [0.3, 0.4) is 0 Å². The highest BCUT2D eigenvalue weighted by Crippen LogP contribution is 2.59. The van der Waals surface area contributed by atoms with Crippen molar-refractivity contribution in [2.45, 2.75) is 19.3 Å². The van der Waals surface area contributed by atoms with E-state index >= 15 is 0 Å². The molecule has 0 saturated heterocycles. The van der Waals surface area contributed by atoms with Crippen LogP contribution in [0.15, 0.2) is 186 Å². The number of para-hydroxylation sites is 7. The number of furan rings is 1. The van der Waals surface area contributed by atoms with Crippen LogP contribution in [0.4, 0.5) is 34.1 Å². The van der Waals surface area contributed by atoms with Gasteiger partial charge in [-0.05, 0) is 90.0 Å². The van der Waals surface area contributed by atoms with Crippen LogP contribution in [0.1, 0.15) is 36.1 Å². The fourth-order valence-corrected chi connectivity index (χ4v) is 8.76. The largest absolute Gasteiger partial charge is 0.455 e. The molecule has 5 nitrogen and oxygen atoms in total. The first-order valence-corrected chi connectivity index (χ1v) is 19.7. The Kier molecular flexibility index (Phi) is 7.76. The summed E-state index contributed by atoms with van der Waals surface area (Å²) in [6.45, 7) is 4.63. The van der Waals surface area contributed by atoms with Crippen molar-refractivity contribution in [2.75, 3.05) is 9.80 Å². The molecule has 0 atom stereocenters. The van der Waals surface area contributed by atoms with Gasteiger partial charge in [0.05, 0.1) is 16.8 Å². The Hall–Kier alpha value is -7.50. The molecule has 278 valence electrons. The second kappa shape index (κ2) is 13.3. The average molecular weight is 751 g/mol. The molecule has 0 spiro atoms. The van der Waals surface area contributed by atoms with Gasteiger partial charge in [0.25, 0.3) is 0 Å². The molecule has 0 N–H and O–H groups in total. The zero-order chi connectivity index (χ0) is 38.8. The number of benzene rings is 8. The number of ether oxygens (including phenoxy) is 2. The van der Waals surface area contributed by atoms with Crippen LogP contribution < -0.4 is 19.3 Å². The summed E-state index contributed by atoms with van der Waals surface area (Å²) in [6, 6.07) is 63.0. The van der Waals surface area contributed by atoms with Gasteiger partial charge in [0.2, 0.25) is 0 Å². The van der Waals surface area contributed by atoms with Crippen molar-refractivity contribution in [1.29, 1.82) is 0 Å². The van der Waals surface area contributed by atoms with Gasteiger partial charge in [-0.3, -0.25) is 0 Å². The zero-order valence-corrected chi connectivity index (χ0v) is 32.1. The quantitative estimate of drug-likeness (QED) is 0.169. The molecule has 0 amide bonds. The van der Waals surface area contributed by atoms with Gasteiger partial charge in [0.15, 0.2) is 23.0 Å². The molecule has 0 saturated carbocycles. The van der Waals surface area contributed by atoms with Crippen molar-refractivity contribution >= 4 is 68.2 Å². The third kappa shape index (κ3) is 5.31. The first-order valence-electron chi connectivity index (χ1n) is 19.7. The van der Waals surface area contributed by atoms with E-state index in [1.54, 1.807) is 0 Å². The number of nitrogens with zero attached hydrogens (tertiary/aromatic N) is 2. The molecule has 0 unspecified atom stereocenters. The van der Waals surface area contributed by atoms with E-state index < -0.39 is 5.41 Å². The van der Waals surface area contributed by atoms with Gasteiger partial charge in [-0.15, -0.1) is 0 Å². The molecule has 0 radical (unpaired) electrons. The SMILES string of the molecule is CC1(C)c2cc(N(c3ccccc3)c3ccccc3)c3c(c2C=Cc2c1cc(N(c1ccccc1)c1ccccc1)c1c2oc2ccccc21)Oc1ccccc1O3. The molecular weight excluding hydrogens is 713 g/mol. The number of hydrogen-bond acceptors (Lipinski definition) is 5. The fourth-order valence-electron chi connectivity index (χ4n) is 8.76. The van der Waals surface area contributed by atoms with Crippen molar-refractivity contribution in [3.05, 3.63) is 204 Å². The van der Waals surface area contributed by atoms with E-state index in [-0.39, 0.29) is 0 Å². The van der Waals surface area contributed by atoms with Crippen molar-refractivity contribution in [1.82, 2.24) is 0 Å². The molecule has 1 aliphatic carbocycles. The molecule has 9 aromatic rings. The third-order valence-electron chi connectivity index (χ3n) is 11.5. The monoisotopic (exact) mass is 750 g/mol. The number of rotatable bonds is 6. The molecule has 0 fully saturated rings. The molecule has 0 bridgehead atoms. The molecule has 8 aromatic carbocycles. The fraction of sp³-hybridized carbons (Fsp3) is 0.0566. The van der Waals surface area contributed by atoms with Crippen LogP contribution in [0, 0.1) is 0 Å². The van der Waals surface area contributed by atoms with E-state index in [9.17, 15) is 0 Å². The summed E-state index contributed by atoms with van der Waals surface area (Å²) in [7, 11) is 0. The third-order valence-corrected chi connectivity index (χ3v) is 11.5. The predicted octanol–water partition coefficient (Wildman–Crippen LogP) is 15.2. The lowest BCUT2D eigenvalue weighted by Crippen LogP contribution is -2.23. The second-order valence-corrected chi connectivity index (χ2v) is 15.3. The highest BCUT2D eigenvalue weighted by atomic mass is 16.6. The molecular formula is C53H38N2O3. The van der Waals surface area contributed by atoms with Crippen LogP contribution in [0.25, 0.3) is 34.1 Å². The molecule has 11 rings (SSSR count). The average Bonchev–Trinajstić information content (AvgIpc) is 3.62. The predicted molar refractivity (Wildman–Crippen MR) is 237 cm³/mol. The molecule has 1 aromatic heterocycles. The maximum absolute atomic E-state index is 6.96. The Morgan fingerprint density at radius 1 is 0.431 bits per heavy atom. The summed E-state index contributed by atoms with van der Waals surface area (Å²) < 4.78 is 20.8. The minimum Gasteiger partial charge on any atom is -0.455 e. The number of hydrogen-bond donors (Lipinski definition) is 0. The summed E-state index contributed by atoms with van der Waals surface area (Å²) in [4.78, 5) is 4.62. The Balaban J connectivity index is 1.22. The number of fused-ring (bicyclic) bond motifs is 9. The van der Waals surface area contributed by atoms with Crippen molar-refractivity contribution in [3.8, 4) is 23.0 Å². The molecule has 1 aliphatic heterocycles. The van der Waals surface area contributed by atoms with E-state index in [1.807, 2.05) is 42.5 Å². The summed E-state index contributed by atoms with van der Waals surface area (Å²) in [5.41, 5.74) is 11.4. The van der Waals surface area contributed by atoms with E-state index in [0.29, 0.717) is 23.0 Å². The van der Waals surface area contributed by atoms with Gasteiger partial charge in [0, 0.05) is 44.7 Å². The zero-order valence-electron chi connectivity index (χ0n) is 32.1. The molecule has 2 aliphatic rings. The second-order valence-electron chi connectivity index (χ2n) is 15.3. The summed E-state index contributed by atoms with van der Waals surface area (Å²) in [5, 5.41) is 2.12. The molecule has 2 heterocycles. The maximum atomic E-state index is 6.96. The Bertz CT molecular complexity index is 2950. The molecule has 5 heteroatoms. The first kappa shape index (κ1) is 33.8.